The first-order valence-corrected chi connectivity index (χ1v) is 6.55. The molecule has 0 radical (unpaired) electrons. The first-order chi connectivity index (χ1) is 9.86. The summed E-state index contributed by atoms with van der Waals surface area (Å²) in [4.78, 5) is 22.5. The summed E-state index contributed by atoms with van der Waals surface area (Å²) in [6, 6.07) is 2.74. The molecule has 9 heteroatoms. The number of nitrogens with zero attached hydrogens (tertiary/aromatic N) is 3. The van der Waals surface area contributed by atoms with Gasteiger partial charge < -0.3 is 10.4 Å². The fourth-order valence-corrected chi connectivity index (χ4v) is 1.93. The van der Waals surface area contributed by atoms with Crippen molar-refractivity contribution >= 4 is 33.5 Å². The van der Waals surface area contributed by atoms with Gasteiger partial charge in [-0.1, -0.05) is 5.21 Å². The Hall–Kier alpha value is -2.29. The zero-order valence-electron chi connectivity index (χ0n) is 10.8. The molecule has 1 aromatic carbocycles. The van der Waals surface area contributed by atoms with E-state index in [1.54, 1.807) is 6.92 Å². The summed E-state index contributed by atoms with van der Waals surface area (Å²) in [7, 11) is 0. The average Bonchev–Trinajstić information content (AvgIpc) is 2.84. The molecule has 0 aliphatic heterocycles. The van der Waals surface area contributed by atoms with Crippen molar-refractivity contribution in [3.05, 3.63) is 39.9 Å². The van der Waals surface area contributed by atoms with Crippen LogP contribution in [0.1, 0.15) is 16.1 Å². The van der Waals surface area contributed by atoms with Crippen LogP contribution < -0.4 is 5.32 Å². The molecule has 1 heterocycles. The fraction of sp³-hybridized carbons (Fsp3) is 0.167. The van der Waals surface area contributed by atoms with Gasteiger partial charge in [-0.15, -0.1) is 5.10 Å². The van der Waals surface area contributed by atoms with Gasteiger partial charge in [0.05, 0.1) is 10.7 Å². The smallest absolute Gasteiger partial charge is 0.358 e. The quantitative estimate of drug-likeness (QED) is 0.870. The molecule has 2 rings (SSSR count). The Morgan fingerprint density at radius 3 is 2.81 bits per heavy atom. The number of carboxylic acid groups (broad SMARTS) is 1. The predicted molar refractivity (Wildman–Crippen MR) is 74.4 cm³/mol. The third-order valence-electron chi connectivity index (χ3n) is 2.60. The van der Waals surface area contributed by atoms with Crippen LogP contribution in [0, 0.1) is 12.7 Å². The molecule has 0 saturated heterocycles. The van der Waals surface area contributed by atoms with Gasteiger partial charge in [0, 0.05) is 5.69 Å². The van der Waals surface area contributed by atoms with Crippen LogP contribution in [0.5, 0.6) is 0 Å². The van der Waals surface area contributed by atoms with E-state index in [1.165, 1.54) is 12.1 Å². The molecular formula is C12H10BrFN4O3. The molecule has 0 atom stereocenters. The van der Waals surface area contributed by atoms with E-state index in [4.69, 9.17) is 5.11 Å². The second kappa shape index (κ2) is 6.00. The normalized spacial score (nSPS) is 10.4. The molecule has 110 valence electrons. The van der Waals surface area contributed by atoms with Gasteiger partial charge in [-0.3, -0.25) is 4.79 Å². The number of rotatable bonds is 4. The third kappa shape index (κ3) is 3.63. The second-order valence-corrected chi connectivity index (χ2v) is 5.09. The van der Waals surface area contributed by atoms with Crippen LogP contribution in [-0.2, 0) is 11.3 Å². The van der Waals surface area contributed by atoms with E-state index in [2.05, 4.69) is 31.6 Å². The highest BCUT2D eigenvalue weighted by Gasteiger charge is 2.12. The van der Waals surface area contributed by atoms with Crippen molar-refractivity contribution in [1.29, 1.82) is 0 Å². The number of anilines is 1. The van der Waals surface area contributed by atoms with Crippen molar-refractivity contribution in [2.45, 2.75) is 13.5 Å². The lowest BCUT2D eigenvalue weighted by Gasteiger charge is -2.09. The number of nitrogens with one attached hydrogen (secondary N) is 1. The van der Waals surface area contributed by atoms with E-state index in [0.29, 0.717) is 11.3 Å². The fourth-order valence-electron chi connectivity index (χ4n) is 1.59. The maximum atomic E-state index is 13.3. The number of amides is 1. The number of hydrogen-bond acceptors (Lipinski definition) is 4. The highest BCUT2D eigenvalue weighted by atomic mass is 79.9. The van der Waals surface area contributed by atoms with E-state index in [-0.39, 0.29) is 16.7 Å². The summed E-state index contributed by atoms with van der Waals surface area (Å²) in [6.45, 7) is 1.46. The molecule has 2 N–H and O–H groups in total. The minimum atomic E-state index is -1.22. The minimum Gasteiger partial charge on any atom is -0.476 e. The maximum absolute atomic E-state index is 13.3. The summed E-state index contributed by atoms with van der Waals surface area (Å²) < 4.78 is 14.6. The lowest BCUT2D eigenvalue weighted by Crippen LogP contribution is -2.19. The van der Waals surface area contributed by atoms with E-state index in [0.717, 1.165) is 10.9 Å². The molecule has 21 heavy (non-hydrogen) atoms. The summed E-state index contributed by atoms with van der Waals surface area (Å²) >= 11 is 3.04. The van der Waals surface area contributed by atoms with Crippen molar-refractivity contribution in [2.24, 2.45) is 0 Å². The lowest BCUT2D eigenvalue weighted by atomic mass is 10.2. The molecule has 0 spiro atoms. The van der Waals surface area contributed by atoms with Gasteiger partial charge in [-0.2, -0.15) is 0 Å². The largest absolute Gasteiger partial charge is 0.476 e. The lowest BCUT2D eigenvalue weighted by molar-refractivity contribution is -0.116. The van der Waals surface area contributed by atoms with E-state index < -0.39 is 17.7 Å². The highest BCUT2D eigenvalue weighted by Crippen LogP contribution is 2.24. The number of aromatic nitrogens is 3. The minimum absolute atomic E-state index is 0.200. The van der Waals surface area contributed by atoms with Crippen molar-refractivity contribution in [3.63, 3.8) is 0 Å². The van der Waals surface area contributed by atoms with Gasteiger partial charge >= 0.3 is 5.97 Å². The molecule has 1 aromatic heterocycles. The highest BCUT2D eigenvalue weighted by molar-refractivity contribution is 9.10. The summed E-state index contributed by atoms with van der Waals surface area (Å²) in [5.74, 6) is -2.08. The summed E-state index contributed by atoms with van der Waals surface area (Å²) in [5.41, 5.74) is 0.768. The Morgan fingerprint density at radius 2 is 2.19 bits per heavy atom. The van der Waals surface area contributed by atoms with Crippen LogP contribution in [0.25, 0.3) is 0 Å². The molecule has 0 aliphatic carbocycles. The maximum Gasteiger partial charge on any atom is 0.358 e. The summed E-state index contributed by atoms with van der Waals surface area (Å²) in [6.07, 6.45) is 1.15. The predicted octanol–water partition coefficient (Wildman–Crippen LogP) is 1.83. The molecule has 1 amide bonds. The van der Waals surface area contributed by atoms with Gasteiger partial charge in [0.15, 0.2) is 5.69 Å². The van der Waals surface area contributed by atoms with E-state index >= 15 is 0 Å². The number of benzene rings is 1. The molecule has 7 nitrogen and oxygen atoms in total. The molecular weight excluding hydrogens is 347 g/mol. The zero-order chi connectivity index (χ0) is 15.6. The van der Waals surface area contributed by atoms with Crippen LogP contribution in [0.4, 0.5) is 10.1 Å². The molecule has 0 aliphatic rings. The first kappa shape index (κ1) is 15.1. The Labute approximate surface area is 126 Å². The average molecular weight is 357 g/mol. The number of carboxylic acids is 1. The second-order valence-electron chi connectivity index (χ2n) is 4.24. The number of aryl methyl sites for hydroxylation is 1. The van der Waals surface area contributed by atoms with Crippen LogP contribution in [0.15, 0.2) is 22.8 Å². The topological polar surface area (TPSA) is 97.1 Å². The van der Waals surface area contributed by atoms with E-state index in [1.807, 2.05) is 0 Å². The van der Waals surface area contributed by atoms with Crippen molar-refractivity contribution in [2.75, 3.05) is 5.32 Å². The number of carbonyl (C=O) groups is 2. The number of halogens is 2. The Bertz CT molecular complexity index is 717. The van der Waals surface area contributed by atoms with Crippen molar-refractivity contribution in [1.82, 2.24) is 15.0 Å². The standard InChI is InChI=1S/C12H10BrFN4O3/c1-6-2-8(14)7(13)3-9(6)15-11(19)5-18-4-10(12(20)21)16-17-18/h2-4H,5H2,1H3,(H,15,19)(H,20,21). The number of carbonyl (C=O) groups excluding carboxylic acids is 1. The van der Waals surface area contributed by atoms with Crippen LogP contribution in [0.2, 0.25) is 0 Å². The van der Waals surface area contributed by atoms with Crippen molar-refractivity contribution < 1.29 is 19.1 Å². The van der Waals surface area contributed by atoms with Gasteiger partial charge in [0.2, 0.25) is 5.91 Å². The third-order valence-corrected chi connectivity index (χ3v) is 3.21. The Morgan fingerprint density at radius 1 is 1.48 bits per heavy atom. The zero-order valence-corrected chi connectivity index (χ0v) is 12.4. The molecule has 0 saturated carbocycles. The van der Waals surface area contributed by atoms with Crippen LogP contribution >= 0.6 is 15.9 Å². The van der Waals surface area contributed by atoms with Gasteiger partial charge in [0.25, 0.3) is 0 Å². The van der Waals surface area contributed by atoms with Crippen molar-refractivity contribution in [3.8, 4) is 0 Å². The molecule has 0 unspecified atom stereocenters. The van der Waals surface area contributed by atoms with Crippen LogP contribution in [0.3, 0.4) is 0 Å². The molecule has 0 fully saturated rings. The number of aromatic carboxylic acids is 1. The monoisotopic (exact) mass is 356 g/mol. The van der Waals surface area contributed by atoms with Gasteiger partial charge in [-0.05, 0) is 40.5 Å². The molecule has 2 aromatic rings. The Kier molecular flexibility index (Phi) is 4.32. The Balaban J connectivity index is 2.08. The van der Waals surface area contributed by atoms with E-state index in [9.17, 15) is 14.0 Å². The SMILES string of the molecule is Cc1cc(F)c(Br)cc1NC(=O)Cn1cc(C(=O)O)nn1. The number of hydrogen-bond donors (Lipinski definition) is 2. The molecule has 0 bridgehead atoms. The first-order valence-electron chi connectivity index (χ1n) is 5.75. The van der Waals surface area contributed by atoms with Gasteiger partial charge in [0.1, 0.15) is 12.4 Å². The van der Waals surface area contributed by atoms with Crippen LogP contribution in [-0.4, -0.2) is 32.0 Å². The van der Waals surface area contributed by atoms with Gasteiger partial charge in [-0.25, -0.2) is 13.9 Å². The summed E-state index contributed by atoms with van der Waals surface area (Å²) in [5, 5.41) is 18.2.